The molecule has 1 amide bonds. The van der Waals surface area contributed by atoms with E-state index in [9.17, 15) is 14.7 Å². The van der Waals surface area contributed by atoms with E-state index in [1.165, 1.54) is 0 Å². The molecule has 0 aliphatic rings. The first-order valence-corrected chi connectivity index (χ1v) is 6.10. The number of aliphatic hydroxyl groups excluding tert-OH is 1. The number of nitrogens with two attached hydrogens (primary N) is 1. The van der Waals surface area contributed by atoms with Gasteiger partial charge in [-0.1, -0.05) is 30.3 Å². The summed E-state index contributed by atoms with van der Waals surface area (Å²) in [6.45, 7) is 0.00596. The van der Waals surface area contributed by atoms with E-state index in [-0.39, 0.29) is 19.6 Å². The lowest BCUT2D eigenvalue weighted by atomic mass is 10.1. The number of benzene rings is 1. The summed E-state index contributed by atoms with van der Waals surface area (Å²) >= 11 is 0. The first-order valence-electron chi connectivity index (χ1n) is 6.10. The van der Waals surface area contributed by atoms with E-state index < -0.39 is 24.2 Å². The van der Waals surface area contributed by atoms with Gasteiger partial charge in [-0.25, -0.2) is 4.79 Å². The number of amides is 1. The van der Waals surface area contributed by atoms with E-state index in [1.807, 2.05) is 30.3 Å². The van der Waals surface area contributed by atoms with Gasteiger partial charge in [0, 0.05) is 13.0 Å². The predicted octanol–water partition coefficient (Wildman–Crippen LogP) is 0.0757. The zero-order valence-electron chi connectivity index (χ0n) is 10.9. The third kappa shape index (κ3) is 6.17. The van der Waals surface area contributed by atoms with Crippen LogP contribution in [0.15, 0.2) is 30.3 Å². The first-order chi connectivity index (χ1) is 9.49. The molecule has 2 unspecified atom stereocenters. The Kier molecular flexibility index (Phi) is 6.48. The van der Waals surface area contributed by atoms with E-state index in [0.717, 1.165) is 5.56 Å². The maximum atomic E-state index is 11.3. The van der Waals surface area contributed by atoms with Crippen LogP contribution in [0.2, 0.25) is 0 Å². The molecule has 0 fully saturated rings. The predicted molar refractivity (Wildman–Crippen MR) is 70.9 cm³/mol. The number of ether oxygens (including phenoxy) is 1. The SMILES string of the molecule is NC(CC(O)CNC(=O)OCc1ccccc1)C(=O)O. The summed E-state index contributed by atoms with van der Waals surface area (Å²) in [4.78, 5) is 21.8. The summed E-state index contributed by atoms with van der Waals surface area (Å²) in [5.74, 6) is -1.20. The molecule has 7 nitrogen and oxygen atoms in total. The Balaban J connectivity index is 2.21. The van der Waals surface area contributed by atoms with E-state index in [4.69, 9.17) is 15.6 Å². The van der Waals surface area contributed by atoms with Crippen molar-refractivity contribution in [3.05, 3.63) is 35.9 Å². The standard InChI is InChI=1S/C13H18N2O5/c14-11(12(17)18)6-10(16)7-15-13(19)20-8-9-4-2-1-3-5-9/h1-5,10-11,16H,6-8,14H2,(H,15,19)(H,17,18). The number of carboxylic acids is 1. The van der Waals surface area contributed by atoms with Crippen LogP contribution >= 0.6 is 0 Å². The molecule has 0 heterocycles. The molecule has 0 aliphatic heterocycles. The number of hydrogen-bond acceptors (Lipinski definition) is 5. The lowest BCUT2D eigenvalue weighted by molar-refractivity contribution is -0.139. The van der Waals surface area contributed by atoms with Crippen LogP contribution in [0.5, 0.6) is 0 Å². The van der Waals surface area contributed by atoms with Gasteiger partial charge < -0.3 is 26.0 Å². The maximum Gasteiger partial charge on any atom is 0.407 e. The van der Waals surface area contributed by atoms with Crippen LogP contribution in [-0.2, 0) is 16.1 Å². The van der Waals surface area contributed by atoms with Gasteiger partial charge in [0.05, 0.1) is 6.10 Å². The molecule has 0 radical (unpaired) electrons. The Bertz CT molecular complexity index is 438. The fourth-order valence-corrected chi connectivity index (χ4v) is 1.45. The van der Waals surface area contributed by atoms with Crippen molar-refractivity contribution in [2.24, 2.45) is 5.73 Å². The summed E-state index contributed by atoms with van der Waals surface area (Å²) in [7, 11) is 0. The highest BCUT2D eigenvalue weighted by Gasteiger charge is 2.17. The molecular formula is C13H18N2O5. The molecule has 1 aromatic rings. The Hall–Kier alpha value is -2.12. The van der Waals surface area contributed by atoms with Crippen LogP contribution in [0, 0.1) is 0 Å². The van der Waals surface area contributed by atoms with Gasteiger partial charge in [0.25, 0.3) is 0 Å². The minimum atomic E-state index is -1.20. The highest BCUT2D eigenvalue weighted by molar-refractivity contribution is 5.73. The fourth-order valence-electron chi connectivity index (χ4n) is 1.45. The number of alkyl carbamates (subject to hydrolysis) is 1. The number of rotatable bonds is 7. The van der Waals surface area contributed by atoms with E-state index in [0.29, 0.717) is 0 Å². The molecule has 7 heteroatoms. The molecule has 1 aromatic carbocycles. The van der Waals surface area contributed by atoms with Crippen molar-refractivity contribution < 1.29 is 24.5 Å². The number of carbonyl (C=O) groups is 2. The van der Waals surface area contributed by atoms with E-state index in [1.54, 1.807) is 0 Å². The normalized spacial score (nSPS) is 13.3. The average Bonchev–Trinajstić information content (AvgIpc) is 2.43. The molecule has 110 valence electrons. The molecule has 1 rings (SSSR count). The minimum Gasteiger partial charge on any atom is -0.480 e. The second-order valence-electron chi connectivity index (χ2n) is 4.28. The number of aliphatic carboxylic acids is 1. The lowest BCUT2D eigenvalue weighted by Gasteiger charge is -2.14. The van der Waals surface area contributed by atoms with Gasteiger partial charge in [0.1, 0.15) is 12.6 Å². The molecule has 0 saturated carbocycles. The van der Waals surface area contributed by atoms with Crippen LogP contribution < -0.4 is 11.1 Å². The molecule has 20 heavy (non-hydrogen) atoms. The van der Waals surface area contributed by atoms with Crippen molar-refractivity contribution in [3.63, 3.8) is 0 Å². The number of aliphatic hydroxyl groups is 1. The van der Waals surface area contributed by atoms with Gasteiger partial charge in [-0.05, 0) is 5.56 Å². The van der Waals surface area contributed by atoms with Crippen molar-refractivity contribution in [1.82, 2.24) is 5.32 Å². The van der Waals surface area contributed by atoms with Crippen molar-refractivity contribution in [2.75, 3.05) is 6.54 Å². The first kappa shape index (κ1) is 15.9. The van der Waals surface area contributed by atoms with Crippen LogP contribution in [0.4, 0.5) is 4.79 Å². The molecule has 0 aromatic heterocycles. The summed E-state index contributed by atoms with van der Waals surface area (Å²) in [6, 6.07) is 7.97. The highest BCUT2D eigenvalue weighted by atomic mass is 16.5. The monoisotopic (exact) mass is 282 g/mol. The van der Waals surface area contributed by atoms with Gasteiger partial charge in [0.2, 0.25) is 0 Å². The fraction of sp³-hybridized carbons (Fsp3) is 0.385. The topological polar surface area (TPSA) is 122 Å². The summed E-state index contributed by atoms with van der Waals surface area (Å²) in [5.41, 5.74) is 6.10. The van der Waals surface area contributed by atoms with E-state index >= 15 is 0 Å². The van der Waals surface area contributed by atoms with E-state index in [2.05, 4.69) is 5.32 Å². The molecule has 0 aliphatic carbocycles. The molecule has 0 saturated heterocycles. The number of nitrogens with one attached hydrogen (secondary N) is 1. The van der Waals surface area contributed by atoms with Gasteiger partial charge in [-0.2, -0.15) is 0 Å². The number of hydrogen-bond donors (Lipinski definition) is 4. The number of carbonyl (C=O) groups excluding carboxylic acids is 1. The molecular weight excluding hydrogens is 264 g/mol. The lowest BCUT2D eigenvalue weighted by Crippen LogP contribution is -2.39. The van der Waals surface area contributed by atoms with Crippen molar-refractivity contribution >= 4 is 12.1 Å². The second kappa shape index (κ2) is 8.13. The summed E-state index contributed by atoms with van der Waals surface area (Å²) < 4.78 is 4.92. The van der Waals surface area contributed by atoms with Gasteiger partial charge in [0.15, 0.2) is 0 Å². The minimum absolute atomic E-state index is 0.116. The molecule has 0 spiro atoms. The Morgan fingerprint density at radius 2 is 1.95 bits per heavy atom. The molecule has 0 bridgehead atoms. The Morgan fingerprint density at radius 3 is 2.55 bits per heavy atom. The van der Waals surface area contributed by atoms with Gasteiger partial charge >= 0.3 is 12.1 Å². The average molecular weight is 282 g/mol. The largest absolute Gasteiger partial charge is 0.480 e. The second-order valence-corrected chi connectivity index (χ2v) is 4.28. The Labute approximate surface area is 116 Å². The van der Waals surface area contributed by atoms with Crippen molar-refractivity contribution in [1.29, 1.82) is 0 Å². The Morgan fingerprint density at radius 1 is 1.30 bits per heavy atom. The highest BCUT2D eigenvalue weighted by Crippen LogP contribution is 2.01. The van der Waals surface area contributed by atoms with Crippen LogP contribution in [0.3, 0.4) is 0 Å². The third-order valence-electron chi connectivity index (χ3n) is 2.54. The van der Waals surface area contributed by atoms with Gasteiger partial charge in [-0.3, -0.25) is 4.79 Å². The van der Waals surface area contributed by atoms with Gasteiger partial charge in [-0.15, -0.1) is 0 Å². The molecule has 5 N–H and O–H groups in total. The van der Waals surface area contributed by atoms with Crippen LogP contribution in [-0.4, -0.2) is 41.0 Å². The van der Waals surface area contributed by atoms with Crippen molar-refractivity contribution in [2.45, 2.75) is 25.2 Å². The maximum absolute atomic E-state index is 11.3. The molecule has 2 atom stereocenters. The van der Waals surface area contributed by atoms with Crippen LogP contribution in [0.25, 0.3) is 0 Å². The number of carboxylic acid groups (broad SMARTS) is 1. The zero-order chi connectivity index (χ0) is 15.0. The quantitative estimate of drug-likeness (QED) is 0.561. The zero-order valence-corrected chi connectivity index (χ0v) is 10.9. The summed E-state index contributed by atoms with van der Waals surface area (Å²) in [6.07, 6.45) is -1.86. The smallest absolute Gasteiger partial charge is 0.407 e. The van der Waals surface area contributed by atoms with Crippen molar-refractivity contribution in [3.8, 4) is 0 Å². The van der Waals surface area contributed by atoms with Crippen LogP contribution in [0.1, 0.15) is 12.0 Å². The summed E-state index contributed by atoms with van der Waals surface area (Å²) in [5, 5.41) is 20.4. The third-order valence-corrected chi connectivity index (χ3v) is 2.54.